The zero-order valence-electron chi connectivity index (χ0n) is 33.2. The van der Waals surface area contributed by atoms with E-state index in [-0.39, 0.29) is 0 Å². The SMILES string of the molecule is CC(=O)N[C@@H]1[C@@H](O[C@@H]2O[C@H](CO)[C@H](O)[C@H](O)[C@H]2O)[C@@H](O)[C@@H](CO[C@@H]2O[C@H](CO)[C@@H](O[C@@H]3O[C@H](CO)[C@H](O)[C@H](O[C@@H]4O[C@H](CO)[C@H](O)[C@H](O)[C@H]4O)[C@H]3O)[C@H](O)[C@H]2NC(C)=O)O[C@@H]1O. The van der Waals surface area contributed by atoms with Gasteiger partial charge in [0.15, 0.2) is 31.5 Å². The van der Waals surface area contributed by atoms with Gasteiger partial charge in [-0.05, 0) is 0 Å². The van der Waals surface area contributed by atoms with Crippen molar-refractivity contribution in [3.05, 3.63) is 0 Å². The van der Waals surface area contributed by atoms with Crippen molar-refractivity contribution in [2.45, 2.75) is 167 Å². The molecular weight excluding hydrogens is 852 g/mol. The Hall–Kier alpha value is -2.02. The van der Waals surface area contributed by atoms with E-state index in [0.29, 0.717) is 0 Å². The Balaban J connectivity index is 1.31. The molecule has 17 N–H and O–H groups in total. The van der Waals surface area contributed by atoms with Crippen molar-refractivity contribution in [2.75, 3.05) is 33.0 Å². The number of amides is 2. The van der Waals surface area contributed by atoms with E-state index >= 15 is 0 Å². The predicted molar refractivity (Wildman–Crippen MR) is 190 cm³/mol. The molecule has 0 aromatic rings. The highest BCUT2D eigenvalue weighted by molar-refractivity contribution is 5.73. The summed E-state index contributed by atoms with van der Waals surface area (Å²) in [7, 11) is 0. The lowest BCUT2D eigenvalue weighted by Gasteiger charge is -2.49. The first-order chi connectivity index (χ1) is 29.3. The molecule has 0 aliphatic carbocycles. The molecule has 5 saturated heterocycles. The van der Waals surface area contributed by atoms with Crippen LogP contribution in [-0.4, -0.2) is 275 Å². The molecule has 5 aliphatic rings. The summed E-state index contributed by atoms with van der Waals surface area (Å²) in [5.41, 5.74) is 0. The minimum atomic E-state index is -2.07. The van der Waals surface area contributed by atoms with Gasteiger partial charge in [0.1, 0.15) is 122 Å². The van der Waals surface area contributed by atoms with Crippen molar-refractivity contribution < 1.29 is 129 Å². The van der Waals surface area contributed by atoms with Crippen LogP contribution >= 0.6 is 0 Å². The second kappa shape index (κ2) is 22.0. The number of hydrogen-bond acceptors (Lipinski definition) is 26. The highest BCUT2D eigenvalue weighted by Crippen LogP contribution is 2.34. The first-order valence-electron chi connectivity index (χ1n) is 19.6. The predicted octanol–water partition coefficient (Wildman–Crippen LogP) is -11.6. The van der Waals surface area contributed by atoms with Crippen LogP contribution in [0.5, 0.6) is 0 Å². The van der Waals surface area contributed by atoms with E-state index in [1.807, 2.05) is 0 Å². The molecule has 5 aliphatic heterocycles. The largest absolute Gasteiger partial charge is 0.394 e. The monoisotopic (exact) mass is 910 g/mol. The lowest BCUT2D eigenvalue weighted by molar-refractivity contribution is -0.377. The lowest BCUT2D eigenvalue weighted by atomic mass is 9.94. The molecule has 0 saturated carbocycles. The van der Waals surface area contributed by atoms with Gasteiger partial charge in [0.05, 0.1) is 33.0 Å². The molecule has 360 valence electrons. The number of carbonyl (C=O) groups is 2. The Kier molecular flexibility index (Phi) is 18.1. The van der Waals surface area contributed by atoms with Crippen LogP contribution in [0.4, 0.5) is 0 Å². The van der Waals surface area contributed by atoms with E-state index in [1.54, 1.807) is 0 Å². The minimum Gasteiger partial charge on any atom is -0.394 e. The van der Waals surface area contributed by atoms with Crippen molar-refractivity contribution in [2.24, 2.45) is 0 Å². The third-order valence-electron chi connectivity index (χ3n) is 11.1. The number of nitrogens with one attached hydrogen (secondary N) is 2. The van der Waals surface area contributed by atoms with Gasteiger partial charge in [-0.2, -0.15) is 0 Å². The quantitative estimate of drug-likeness (QED) is 0.0725. The number of aliphatic hydroxyl groups excluding tert-OH is 15. The smallest absolute Gasteiger partial charge is 0.217 e. The van der Waals surface area contributed by atoms with E-state index in [9.17, 15) is 86.2 Å². The van der Waals surface area contributed by atoms with Gasteiger partial charge in [-0.15, -0.1) is 0 Å². The number of hydrogen-bond donors (Lipinski definition) is 17. The summed E-state index contributed by atoms with van der Waals surface area (Å²) in [5.74, 6) is -1.50. The fourth-order valence-corrected chi connectivity index (χ4v) is 7.73. The summed E-state index contributed by atoms with van der Waals surface area (Å²) in [6, 6.07) is -3.17. The van der Waals surface area contributed by atoms with Crippen LogP contribution in [-0.2, 0) is 52.2 Å². The molecule has 5 fully saturated rings. The normalized spacial score (nSPS) is 49.0. The first kappa shape index (κ1) is 51.0. The van der Waals surface area contributed by atoms with Crippen LogP contribution in [0.2, 0.25) is 0 Å². The van der Waals surface area contributed by atoms with Gasteiger partial charge in [-0.3, -0.25) is 9.59 Å². The summed E-state index contributed by atoms with van der Waals surface area (Å²) >= 11 is 0. The average molecular weight is 911 g/mol. The maximum Gasteiger partial charge on any atom is 0.217 e. The third-order valence-corrected chi connectivity index (χ3v) is 11.1. The van der Waals surface area contributed by atoms with Crippen molar-refractivity contribution in [1.82, 2.24) is 10.6 Å². The zero-order valence-corrected chi connectivity index (χ0v) is 33.2. The Morgan fingerprint density at radius 3 is 1.31 bits per heavy atom. The fraction of sp³-hybridized carbons (Fsp3) is 0.941. The molecule has 2 amide bonds. The van der Waals surface area contributed by atoms with Crippen molar-refractivity contribution in [1.29, 1.82) is 0 Å². The van der Waals surface area contributed by atoms with Crippen LogP contribution in [0.1, 0.15) is 13.8 Å². The topological polar surface area (TPSA) is 445 Å². The Bertz CT molecular complexity index is 1440. The van der Waals surface area contributed by atoms with Gasteiger partial charge >= 0.3 is 0 Å². The second-order valence-electron chi connectivity index (χ2n) is 15.5. The summed E-state index contributed by atoms with van der Waals surface area (Å²) in [6.45, 7) is -2.21. The van der Waals surface area contributed by atoms with Crippen LogP contribution in [0.3, 0.4) is 0 Å². The van der Waals surface area contributed by atoms with Gasteiger partial charge in [-0.1, -0.05) is 0 Å². The fourth-order valence-electron chi connectivity index (χ4n) is 7.73. The van der Waals surface area contributed by atoms with Crippen LogP contribution in [0, 0.1) is 0 Å². The van der Waals surface area contributed by atoms with Gasteiger partial charge in [0.2, 0.25) is 11.8 Å². The average Bonchev–Trinajstić information content (AvgIpc) is 3.23. The highest BCUT2D eigenvalue weighted by Gasteiger charge is 2.56. The molecular formula is C34H58N2O26. The van der Waals surface area contributed by atoms with Gasteiger partial charge in [0.25, 0.3) is 0 Å². The van der Waals surface area contributed by atoms with Crippen LogP contribution < -0.4 is 10.6 Å². The van der Waals surface area contributed by atoms with Crippen LogP contribution in [0.15, 0.2) is 0 Å². The zero-order chi connectivity index (χ0) is 45.9. The third kappa shape index (κ3) is 11.0. The molecule has 5 heterocycles. The Morgan fingerprint density at radius 1 is 0.419 bits per heavy atom. The number of ether oxygens (including phenoxy) is 9. The van der Waals surface area contributed by atoms with Crippen molar-refractivity contribution in [3.8, 4) is 0 Å². The van der Waals surface area contributed by atoms with E-state index in [2.05, 4.69) is 10.6 Å². The molecule has 28 heteroatoms. The number of carbonyl (C=O) groups excluding carboxylic acids is 2. The molecule has 0 radical (unpaired) electrons. The molecule has 0 bridgehead atoms. The summed E-state index contributed by atoms with van der Waals surface area (Å²) in [5, 5.41) is 162. The second-order valence-corrected chi connectivity index (χ2v) is 15.5. The Labute approximate surface area is 351 Å². The molecule has 0 unspecified atom stereocenters. The van der Waals surface area contributed by atoms with E-state index < -0.39 is 198 Å². The summed E-state index contributed by atoms with van der Waals surface area (Å²) in [4.78, 5) is 24.4. The molecule has 0 spiro atoms. The standard InChI is InChI=1S/C34H58N2O26/c1-8(41)35-15-21(47)27(60-34-26(52)29(19(45)12(5-39)58-34)62-33-25(51)23(49)18(44)11(4-38)57-33)13(6-40)59-31(15)54-7-14-20(46)28(16(30(53)55-14)36-9(2)42)61-32-24(50)22(48)17(43)10(3-37)56-32/h10-34,37-40,43-53H,3-7H2,1-2H3,(H,35,41)(H,36,42)/t10-,11-,12-,13-,14-,15-,16-,17+,18+,19+,20+,21-,22+,23+,24-,25-,26-,27-,28-,29+,30+,31-,32+,33+,34+/m1/s1. The molecule has 62 heavy (non-hydrogen) atoms. The van der Waals surface area contributed by atoms with E-state index in [1.165, 1.54) is 0 Å². The van der Waals surface area contributed by atoms with E-state index in [0.717, 1.165) is 13.8 Å². The van der Waals surface area contributed by atoms with Crippen molar-refractivity contribution >= 4 is 11.8 Å². The van der Waals surface area contributed by atoms with Gasteiger partial charge in [-0.25, -0.2) is 0 Å². The molecule has 0 aromatic heterocycles. The molecule has 5 rings (SSSR count). The summed E-state index contributed by atoms with van der Waals surface area (Å²) in [6.07, 6.45) is -41.5. The lowest BCUT2D eigenvalue weighted by Crippen LogP contribution is -2.69. The molecule has 0 aromatic carbocycles. The number of rotatable bonds is 15. The van der Waals surface area contributed by atoms with Gasteiger partial charge in [0, 0.05) is 13.8 Å². The van der Waals surface area contributed by atoms with Crippen molar-refractivity contribution in [3.63, 3.8) is 0 Å². The minimum absolute atomic E-state index is 0.734. The van der Waals surface area contributed by atoms with Crippen LogP contribution in [0.25, 0.3) is 0 Å². The Morgan fingerprint density at radius 2 is 0.823 bits per heavy atom. The molecule has 28 nitrogen and oxygen atoms in total. The molecule has 25 atom stereocenters. The number of aliphatic hydroxyl groups is 15. The maximum atomic E-state index is 12.4. The van der Waals surface area contributed by atoms with Gasteiger partial charge < -0.3 is 130 Å². The first-order valence-corrected chi connectivity index (χ1v) is 19.6. The summed E-state index contributed by atoms with van der Waals surface area (Å²) < 4.78 is 50.5. The highest BCUT2D eigenvalue weighted by atomic mass is 16.8. The maximum absolute atomic E-state index is 12.4. The van der Waals surface area contributed by atoms with E-state index in [4.69, 9.17) is 42.6 Å².